The average Bonchev–Trinajstić information content (AvgIpc) is 3.20. The van der Waals surface area contributed by atoms with Crippen LogP contribution in [-0.4, -0.2) is 30.1 Å². The second kappa shape index (κ2) is 9.69. The summed E-state index contributed by atoms with van der Waals surface area (Å²) in [6, 6.07) is 5.44. The molecule has 8 heteroatoms. The van der Waals surface area contributed by atoms with E-state index in [1.165, 1.54) is 32.1 Å². The topological polar surface area (TPSA) is 87.5 Å². The van der Waals surface area contributed by atoms with E-state index in [1.807, 2.05) is 12.1 Å². The predicted octanol–water partition coefficient (Wildman–Crippen LogP) is 4.21. The lowest BCUT2D eigenvalue weighted by Crippen LogP contribution is -2.47. The van der Waals surface area contributed by atoms with Crippen molar-refractivity contribution < 1.29 is 14.1 Å². The van der Waals surface area contributed by atoms with Crippen LogP contribution in [0.5, 0.6) is 0 Å². The molecule has 2 heterocycles. The van der Waals surface area contributed by atoms with Crippen LogP contribution in [0.25, 0.3) is 11.0 Å². The number of halogens is 1. The number of fused-ring (bicyclic) bond motifs is 1. The van der Waals surface area contributed by atoms with E-state index in [0.717, 1.165) is 17.6 Å². The van der Waals surface area contributed by atoms with Gasteiger partial charge in [-0.15, -0.1) is 0 Å². The fraction of sp³-hybridized carbons (Fsp3) is 0.591. The minimum Gasteiger partial charge on any atom is -0.354 e. The van der Waals surface area contributed by atoms with Gasteiger partial charge < -0.3 is 9.42 Å². The van der Waals surface area contributed by atoms with Crippen molar-refractivity contribution in [3.63, 3.8) is 0 Å². The summed E-state index contributed by atoms with van der Waals surface area (Å²) < 4.78 is 5.39. The summed E-state index contributed by atoms with van der Waals surface area (Å²) in [6.45, 7) is 1.39. The normalized spacial score (nSPS) is 18.5. The van der Waals surface area contributed by atoms with Gasteiger partial charge in [-0.25, -0.2) is 0 Å². The van der Waals surface area contributed by atoms with E-state index in [2.05, 4.69) is 20.9 Å². The predicted molar refractivity (Wildman–Crippen MR) is 116 cm³/mol. The smallest absolute Gasteiger partial charge is 0.241 e. The van der Waals surface area contributed by atoms with Crippen LogP contribution in [0.4, 0.5) is 5.82 Å². The molecular weight excluding hydrogens is 404 g/mol. The van der Waals surface area contributed by atoms with E-state index in [4.69, 9.17) is 16.1 Å². The molecular formula is C22H29ClN4O3. The second-order valence-corrected chi connectivity index (χ2v) is 8.92. The number of nitrogens with one attached hydrogen (secondary N) is 2. The highest BCUT2D eigenvalue weighted by Gasteiger charge is 2.27. The lowest BCUT2D eigenvalue weighted by molar-refractivity contribution is -0.131. The van der Waals surface area contributed by atoms with Crippen molar-refractivity contribution in [2.45, 2.75) is 57.8 Å². The third kappa shape index (κ3) is 5.06. The zero-order valence-corrected chi connectivity index (χ0v) is 17.9. The maximum Gasteiger partial charge on any atom is 0.241 e. The van der Waals surface area contributed by atoms with E-state index in [0.29, 0.717) is 48.9 Å². The molecule has 0 bridgehead atoms. The number of rotatable bonds is 5. The minimum absolute atomic E-state index is 0.0997. The van der Waals surface area contributed by atoms with Gasteiger partial charge in [0.15, 0.2) is 11.4 Å². The molecule has 1 aromatic carbocycles. The fourth-order valence-corrected chi connectivity index (χ4v) is 4.76. The molecule has 2 fully saturated rings. The number of anilines is 1. The van der Waals surface area contributed by atoms with Crippen LogP contribution in [0.15, 0.2) is 22.7 Å². The Kier molecular flexibility index (Phi) is 6.77. The summed E-state index contributed by atoms with van der Waals surface area (Å²) in [5.74, 6) is 1.09. The van der Waals surface area contributed by atoms with Crippen LogP contribution in [0.1, 0.15) is 57.8 Å². The number of aromatic nitrogens is 1. The summed E-state index contributed by atoms with van der Waals surface area (Å²) in [5.41, 5.74) is 5.91. The number of benzene rings is 1. The third-order valence-corrected chi connectivity index (χ3v) is 6.64. The Morgan fingerprint density at radius 3 is 2.63 bits per heavy atom. The van der Waals surface area contributed by atoms with E-state index in [1.54, 1.807) is 6.07 Å². The van der Waals surface area contributed by atoms with Crippen LogP contribution in [0, 0.1) is 11.8 Å². The van der Waals surface area contributed by atoms with Crippen molar-refractivity contribution in [1.29, 1.82) is 0 Å². The molecule has 0 radical (unpaired) electrons. The van der Waals surface area contributed by atoms with Gasteiger partial charge in [0.05, 0.1) is 5.39 Å². The van der Waals surface area contributed by atoms with E-state index >= 15 is 0 Å². The molecule has 2 N–H and O–H groups in total. The summed E-state index contributed by atoms with van der Waals surface area (Å²) in [6.07, 6.45) is 9.10. The molecule has 30 heavy (non-hydrogen) atoms. The Bertz CT molecular complexity index is 886. The Morgan fingerprint density at radius 2 is 1.87 bits per heavy atom. The summed E-state index contributed by atoms with van der Waals surface area (Å²) in [4.78, 5) is 26.7. The van der Waals surface area contributed by atoms with Crippen LogP contribution in [0.2, 0.25) is 5.02 Å². The Morgan fingerprint density at radius 1 is 1.10 bits per heavy atom. The van der Waals surface area contributed by atoms with Crippen molar-refractivity contribution in [1.82, 2.24) is 16.0 Å². The third-order valence-electron chi connectivity index (χ3n) is 6.41. The van der Waals surface area contributed by atoms with Gasteiger partial charge in [0.1, 0.15) is 0 Å². The molecule has 7 nitrogen and oxygen atoms in total. The number of carbonyl (C=O) groups is 2. The van der Waals surface area contributed by atoms with Gasteiger partial charge in [-0.3, -0.25) is 20.4 Å². The van der Waals surface area contributed by atoms with Crippen molar-refractivity contribution in [2.24, 2.45) is 11.8 Å². The maximum absolute atomic E-state index is 12.5. The van der Waals surface area contributed by atoms with Gasteiger partial charge in [0.25, 0.3) is 0 Å². The number of hydrogen-bond donors (Lipinski definition) is 2. The molecule has 1 aliphatic carbocycles. The molecule has 1 saturated heterocycles. The number of carbonyl (C=O) groups excluding carboxylic acids is 2. The average molecular weight is 433 g/mol. The number of nitrogens with zero attached hydrogens (tertiary/aromatic N) is 2. The first kappa shape index (κ1) is 21.0. The van der Waals surface area contributed by atoms with Crippen molar-refractivity contribution in [3.05, 3.63) is 23.2 Å². The molecule has 1 aliphatic heterocycles. The highest BCUT2D eigenvalue weighted by Crippen LogP contribution is 2.31. The summed E-state index contributed by atoms with van der Waals surface area (Å²) >= 11 is 6.10. The molecule has 2 aliphatic rings. The first-order valence-corrected chi connectivity index (χ1v) is 11.4. The number of piperidine rings is 1. The Hall–Kier alpha value is -2.28. The largest absolute Gasteiger partial charge is 0.354 e. The van der Waals surface area contributed by atoms with Crippen LogP contribution < -0.4 is 15.8 Å². The van der Waals surface area contributed by atoms with Crippen LogP contribution in [-0.2, 0) is 9.59 Å². The van der Waals surface area contributed by atoms with Crippen molar-refractivity contribution in [2.75, 3.05) is 18.0 Å². The van der Waals surface area contributed by atoms with Gasteiger partial charge >= 0.3 is 0 Å². The first-order chi connectivity index (χ1) is 14.6. The molecule has 1 aromatic heterocycles. The van der Waals surface area contributed by atoms with Gasteiger partial charge in [0, 0.05) is 30.5 Å². The van der Waals surface area contributed by atoms with Gasteiger partial charge in [-0.05, 0) is 43.4 Å². The van der Waals surface area contributed by atoms with Crippen molar-refractivity contribution >= 4 is 40.2 Å². The van der Waals surface area contributed by atoms with Crippen LogP contribution in [0.3, 0.4) is 0 Å². The lowest BCUT2D eigenvalue weighted by Gasteiger charge is -2.31. The van der Waals surface area contributed by atoms with Crippen LogP contribution >= 0.6 is 11.6 Å². The quantitative estimate of drug-likeness (QED) is 0.691. The SMILES string of the molecule is O=C(CCC1CCCCC1)NNC(=O)C1CCN(c2noc3ccc(Cl)cc23)CC1. The lowest BCUT2D eigenvalue weighted by atomic mass is 9.86. The van der Waals surface area contributed by atoms with E-state index in [9.17, 15) is 9.59 Å². The molecule has 162 valence electrons. The molecule has 2 aromatic rings. The molecule has 4 rings (SSSR count). The highest BCUT2D eigenvalue weighted by molar-refractivity contribution is 6.31. The number of hydrazine groups is 1. The molecule has 1 saturated carbocycles. The zero-order valence-electron chi connectivity index (χ0n) is 17.2. The van der Waals surface area contributed by atoms with Gasteiger partial charge in [0.2, 0.25) is 11.8 Å². The second-order valence-electron chi connectivity index (χ2n) is 8.49. The minimum atomic E-state index is -0.123. The molecule has 0 spiro atoms. The maximum atomic E-state index is 12.5. The fourth-order valence-electron chi connectivity index (χ4n) is 4.59. The first-order valence-electron chi connectivity index (χ1n) is 11.0. The Labute approximate surface area is 181 Å². The molecule has 2 amide bonds. The summed E-state index contributed by atoms with van der Waals surface area (Å²) in [7, 11) is 0. The standard InChI is InChI=1S/C22H29ClN4O3/c23-17-7-8-19-18(14-17)21(26-30-19)27-12-10-16(11-13-27)22(29)25-24-20(28)9-6-15-4-2-1-3-5-15/h7-8,14-16H,1-6,9-13H2,(H,24,28)(H,25,29). The zero-order chi connectivity index (χ0) is 20.9. The van der Waals surface area contributed by atoms with Gasteiger partial charge in [-0.2, -0.15) is 0 Å². The number of amides is 2. The molecule has 0 unspecified atom stereocenters. The Balaban J connectivity index is 1.21. The van der Waals surface area contributed by atoms with Crippen molar-refractivity contribution in [3.8, 4) is 0 Å². The monoisotopic (exact) mass is 432 g/mol. The molecule has 0 atom stereocenters. The highest BCUT2D eigenvalue weighted by atomic mass is 35.5. The van der Waals surface area contributed by atoms with Gasteiger partial charge in [-0.1, -0.05) is 48.9 Å². The number of hydrogen-bond acceptors (Lipinski definition) is 5. The van der Waals surface area contributed by atoms with E-state index < -0.39 is 0 Å². The summed E-state index contributed by atoms with van der Waals surface area (Å²) in [5, 5.41) is 5.71. The van der Waals surface area contributed by atoms with E-state index in [-0.39, 0.29) is 17.7 Å².